The number of aromatic nitrogens is 1. The third-order valence-electron chi connectivity index (χ3n) is 4.03. The molecule has 0 spiro atoms. The van der Waals surface area contributed by atoms with Gasteiger partial charge in [-0.05, 0) is 49.1 Å². The smallest absolute Gasteiger partial charge is 0.0705 e. The molecule has 3 rings (SSSR count). The van der Waals surface area contributed by atoms with Crippen molar-refractivity contribution in [2.45, 2.75) is 26.3 Å². The highest BCUT2D eigenvalue weighted by Gasteiger charge is 2.12. The molecule has 2 N–H and O–H groups in total. The van der Waals surface area contributed by atoms with Crippen molar-refractivity contribution in [2.24, 2.45) is 5.73 Å². The Morgan fingerprint density at radius 1 is 1.05 bits per heavy atom. The van der Waals surface area contributed by atoms with E-state index in [0.29, 0.717) is 0 Å². The maximum absolute atomic E-state index is 6.48. The average molecular weight is 276 g/mol. The van der Waals surface area contributed by atoms with Crippen LogP contribution >= 0.6 is 0 Å². The molecule has 106 valence electrons. The third kappa shape index (κ3) is 2.81. The molecule has 2 nitrogen and oxygen atoms in total. The second kappa shape index (κ2) is 5.66. The van der Waals surface area contributed by atoms with Crippen molar-refractivity contribution in [2.75, 3.05) is 0 Å². The van der Waals surface area contributed by atoms with E-state index in [1.54, 1.807) is 0 Å². The Kier molecular flexibility index (Phi) is 3.72. The Bertz CT molecular complexity index is 772. The highest BCUT2D eigenvalue weighted by atomic mass is 14.7. The molecule has 0 bridgehead atoms. The van der Waals surface area contributed by atoms with Gasteiger partial charge in [-0.2, -0.15) is 0 Å². The number of pyridine rings is 1. The van der Waals surface area contributed by atoms with E-state index in [1.165, 1.54) is 22.3 Å². The van der Waals surface area contributed by atoms with E-state index in [-0.39, 0.29) is 6.04 Å². The van der Waals surface area contributed by atoms with Crippen LogP contribution in [0.25, 0.3) is 10.9 Å². The number of para-hydroxylation sites is 1. The van der Waals surface area contributed by atoms with Crippen LogP contribution < -0.4 is 5.73 Å². The first-order chi connectivity index (χ1) is 10.1. The lowest BCUT2D eigenvalue weighted by Gasteiger charge is -2.16. The summed E-state index contributed by atoms with van der Waals surface area (Å²) in [5.41, 5.74) is 12.6. The standard InChI is InChI=1S/C19H20N2/c1-13-7-8-14(2)15(11-13)12-18(20)16-9-10-21-19-6-4-3-5-17(16)19/h3-11,18H,12,20H2,1-2H3. The van der Waals surface area contributed by atoms with Crippen LogP contribution in [-0.2, 0) is 6.42 Å². The number of rotatable bonds is 3. The molecule has 0 aliphatic carbocycles. The summed E-state index contributed by atoms with van der Waals surface area (Å²) < 4.78 is 0. The number of nitrogens with zero attached hydrogens (tertiary/aromatic N) is 1. The fourth-order valence-corrected chi connectivity index (χ4v) is 2.81. The van der Waals surface area contributed by atoms with Gasteiger partial charge in [-0.1, -0.05) is 42.0 Å². The molecule has 0 saturated heterocycles. The van der Waals surface area contributed by atoms with Crippen LogP contribution in [0.5, 0.6) is 0 Å². The minimum Gasteiger partial charge on any atom is -0.324 e. The average Bonchev–Trinajstić information content (AvgIpc) is 2.50. The largest absolute Gasteiger partial charge is 0.324 e. The fourth-order valence-electron chi connectivity index (χ4n) is 2.81. The van der Waals surface area contributed by atoms with E-state index in [9.17, 15) is 0 Å². The molecule has 1 aromatic heterocycles. The zero-order valence-electron chi connectivity index (χ0n) is 12.5. The molecule has 2 aromatic carbocycles. The maximum Gasteiger partial charge on any atom is 0.0705 e. The second-order valence-corrected chi connectivity index (χ2v) is 5.66. The summed E-state index contributed by atoms with van der Waals surface area (Å²) in [6.07, 6.45) is 2.70. The summed E-state index contributed by atoms with van der Waals surface area (Å²) in [4.78, 5) is 4.41. The van der Waals surface area contributed by atoms with Crippen molar-refractivity contribution in [3.8, 4) is 0 Å². The van der Waals surface area contributed by atoms with E-state index < -0.39 is 0 Å². The normalized spacial score (nSPS) is 12.5. The number of benzene rings is 2. The Morgan fingerprint density at radius 2 is 1.86 bits per heavy atom. The fraction of sp³-hybridized carbons (Fsp3) is 0.211. The van der Waals surface area contributed by atoms with E-state index in [1.807, 2.05) is 30.5 Å². The highest BCUT2D eigenvalue weighted by molar-refractivity contribution is 5.82. The molecule has 1 unspecified atom stereocenters. The van der Waals surface area contributed by atoms with Crippen LogP contribution in [0.3, 0.4) is 0 Å². The summed E-state index contributed by atoms with van der Waals surface area (Å²) in [5.74, 6) is 0. The van der Waals surface area contributed by atoms with E-state index >= 15 is 0 Å². The quantitative estimate of drug-likeness (QED) is 0.782. The Labute approximate surface area is 125 Å². The van der Waals surface area contributed by atoms with E-state index in [2.05, 4.69) is 43.1 Å². The van der Waals surface area contributed by atoms with Gasteiger partial charge in [0, 0.05) is 17.6 Å². The maximum atomic E-state index is 6.48. The van der Waals surface area contributed by atoms with E-state index in [0.717, 1.165) is 17.3 Å². The number of hydrogen-bond acceptors (Lipinski definition) is 2. The lowest BCUT2D eigenvalue weighted by molar-refractivity contribution is 0.723. The first-order valence-electron chi connectivity index (χ1n) is 7.30. The third-order valence-corrected chi connectivity index (χ3v) is 4.03. The van der Waals surface area contributed by atoms with Gasteiger partial charge in [-0.25, -0.2) is 0 Å². The predicted octanol–water partition coefficient (Wildman–Crippen LogP) is 4.09. The van der Waals surface area contributed by atoms with Crippen LogP contribution in [0.4, 0.5) is 0 Å². The number of hydrogen-bond donors (Lipinski definition) is 1. The van der Waals surface area contributed by atoms with Crippen LogP contribution in [0.2, 0.25) is 0 Å². The molecule has 0 amide bonds. The van der Waals surface area contributed by atoms with Crippen molar-refractivity contribution in [3.63, 3.8) is 0 Å². The summed E-state index contributed by atoms with van der Waals surface area (Å²) in [5, 5.41) is 1.15. The summed E-state index contributed by atoms with van der Waals surface area (Å²) >= 11 is 0. The molecule has 0 aliphatic rings. The first kappa shape index (κ1) is 13.8. The summed E-state index contributed by atoms with van der Waals surface area (Å²) in [6, 6.07) is 16.8. The van der Waals surface area contributed by atoms with Gasteiger partial charge in [0.1, 0.15) is 0 Å². The first-order valence-corrected chi connectivity index (χ1v) is 7.30. The Morgan fingerprint density at radius 3 is 2.71 bits per heavy atom. The SMILES string of the molecule is Cc1ccc(C)c(CC(N)c2ccnc3ccccc23)c1. The summed E-state index contributed by atoms with van der Waals surface area (Å²) in [7, 11) is 0. The van der Waals surface area contributed by atoms with Crippen LogP contribution in [0, 0.1) is 13.8 Å². The second-order valence-electron chi connectivity index (χ2n) is 5.66. The Balaban J connectivity index is 1.97. The Hall–Kier alpha value is -2.19. The summed E-state index contributed by atoms with van der Waals surface area (Å²) in [6.45, 7) is 4.27. The molecular formula is C19H20N2. The molecule has 1 atom stereocenters. The predicted molar refractivity (Wildman–Crippen MR) is 88.3 cm³/mol. The lowest BCUT2D eigenvalue weighted by Crippen LogP contribution is -2.14. The molecule has 21 heavy (non-hydrogen) atoms. The van der Waals surface area contributed by atoms with Crippen molar-refractivity contribution in [3.05, 3.63) is 77.0 Å². The highest BCUT2D eigenvalue weighted by Crippen LogP contribution is 2.25. The van der Waals surface area contributed by atoms with Gasteiger partial charge in [0.25, 0.3) is 0 Å². The van der Waals surface area contributed by atoms with E-state index in [4.69, 9.17) is 5.73 Å². The number of aryl methyl sites for hydroxylation is 2. The number of nitrogens with two attached hydrogens (primary N) is 1. The van der Waals surface area contributed by atoms with Crippen LogP contribution in [-0.4, -0.2) is 4.98 Å². The molecule has 2 heteroatoms. The van der Waals surface area contributed by atoms with Crippen molar-refractivity contribution in [1.82, 2.24) is 4.98 Å². The van der Waals surface area contributed by atoms with Crippen molar-refractivity contribution < 1.29 is 0 Å². The van der Waals surface area contributed by atoms with Gasteiger partial charge in [0.15, 0.2) is 0 Å². The lowest BCUT2D eigenvalue weighted by atomic mass is 9.94. The van der Waals surface area contributed by atoms with Gasteiger partial charge in [0.2, 0.25) is 0 Å². The molecule has 3 aromatic rings. The zero-order chi connectivity index (χ0) is 14.8. The minimum atomic E-state index is -0.0154. The minimum absolute atomic E-state index is 0.0154. The molecule has 0 radical (unpaired) electrons. The molecule has 1 heterocycles. The van der Waals surface area contributed by atoms with Gasteiger partial charge in [0.05, 0.1) is 5.52 Å². The van der Waals surface area contributed by atoms with Gasteiger partial charge in [-0.15, -0.1) is 0 Å². The van der Waals surface area contributed by atoms with Gasteiger partial charge in [-0.3, -0.25) is 4.98 Å². The molecule has 0 saturated carbocycles. The molecular weight excluding hydrogens is 256 g/mol. The van der Waals surface area contributed by atoms with Gasteiger partial charge >= 0.3 is 0 Å². The zero-order valence-corrected chi connectivity index (χ0v) is 12.5. The topological polar surface area (TPSA) is 38.9 Å². The van der Waals surface area contributed by atoms with Crippen LogP contribution in [0.15, 0.2) is 54.7 Å². The monoisotopic (exact) mass is 276 g/mol. The van der Waals surface area contributed by atoms with Gasteiger partial charge < -0.3 is 5.73 Å². The van der Waals surface area contributed by atoms with Crippen LogP contribution in [0.1, 0.15) is 28.3 Å². The molecule has 0 fully saturated rings. The van der Waals surface area contributed by atoms with Crippen molar-refractivity contribution >= 4 is 10.9 Å². The molecule has 0 aliphatic heterocycles. The number of fused-ring (bicyclic) bond motifs is 1. The van der Waals surface area contributed by atoms with Crippen molar-refractivity contribution in [1.29, 1.82) is 0 Å².